The molecule has 104 valence electrons. The number of hydrogen-bond donors (Lipinski definition) is 1. The number of piperidine rings is 1. The van der Waals surface area contributed by atoms with Crippen LogP contribution in [-0.4, -0.2) is 12.5 Å². The fourth-order valence-corrected chi connectivity index (χ4v) is 2.53. The average molecular weight is 292 g/mol. The van der Waals surface area contributed by atoms with Crippen molar-refractivity contribution in [1.29, 1.82) is 0 Å². The molecule has 1 amide bonds. The van der Waals surface area contributed by atoms with Crippen molar-refractivity contribution < 1.29 is 18.0 Å². The lowest BCUT2D eigenvalue weighted by atomic mass is 9.88. The van der Waals surface area contributed by atoms with E-state index < -0.39 is 11.7 Å². The number of alkyl halides is 4. The molecular formula is C13H13ClF3NO. The zero-order valence-corrected chi connectivity index (χ0v) is 10.8. The lowest BCUT2D eigenvalue weighted by Gasteiger charge is -2.23. The number of hydrogen-bond acceptors (Lipinski definition) is 1. The molecule has 6 heteroatoms. The number of amides is 1. The summed E-state index contributed by atoms with van der Waals surface area (Å²) in [4.78, 5) is 11.3. The number of halogens is 4. The van der Waals surface area contributed by atoms with Gasteiger partial charge < -0.3 is 5.32 Å². The summed E-state index contributed by atoms with van der Waals surface area (Å²) in [6.07, 6.45) is -3.53. The number of rotatable bonds is 2. The molecule has 1 atom stereocenters. The molecule has 2 nitrogen and oxygen atoms in total. The van der Waals surface area contributed by atoms with Crippen molar-refractivity contribution in [3.05, 3.63) is 34.9 Å². The molecule has 19 heavy (non-hydrogen) atoms. The topological polar surface area (TPSA) is 29.1 Å². The van der Waals surface area contributed by atoms with Gasteiger partial charge >= 0.3 is 6.18 Å². The third-order valence-corrected chi connectivity index (χ3v) is 3.59. The molecule has 0 aromatic heterocycles. The summed E-state index contributed by atoms with van der Waals surface area (Å²) in [5.41, 5.74) is -0.0831. The van der Waals surface area contributed by atoms with E-state index in [1.54, 1.807) is 6.07 Å². The normalized spacial score (nSPS) is 20.2. The van der Waals surface area contributed by atoms with Crippen LogP contribution in [0.25, 0.3) is 0 Å². The first-order valence-corrected chi connectivity index (χ1v) is 6.48. The molecule has 0 bridgehead atoms. The average Bonchev–Trinajstić information content (AvgIpc) is 2.37. The quantitative estimate of drug-likeness (QED) is 0.831. The van der Waals surface area contributed by atoms with Crippen molar-refractivity contribution in [2.75, 3.05) is 6.54 Å². The summed E-state index contributed by atoms with van der Waals surface area (Å²) < 4.78 is 38.8. The minimum Gasteiger partial charge on any atom is -0.356 e. The lowest BCUT2D eigenvalue weighted by molar-refractivity contribution is -0.138. The van der Waals surface area contributed by atoms with Gasteiger partial charge in [0.1, 0.15) is 0 Å². The van der Waals surface area contributed by atoms with Crippen LogP contribution in [0.1, 0.15) is 35.4 Å². The van der Waals surface area contributed by atoms with Gasteiger partial charge in [-0.15, -0.1) is 11.6 Å². The molecule has 1 heterocycles. The van der Waals surface area contributed by atoms with Crippen LogP contribution >= 0.6 is 11.6 Å². The second kappa shape index (κ2) is 5.41. The number of nitrogens with one attached hydrogen (secondary N) is 1. The zero-order valence-electron chi connectivity index (χ0n) is 10.1. The first-order valence-electron chi connectivity index (χ1n) is 5.94. The molecule has 1 fully saturated rings. The van der Waals surface area contributed by atoms with Crippen molar-refractivity contribution in [2.45, 2.75) is 30.8 Å². The molecule has 0 aliphatic carbocycles. The molecule has 0 spiro atoms. The van der Waals surface area contributed by atoms with Gasteiger partial charge in [-0.2, -0.15) is 13.2 Å². The van der Waals surface area contributed by atoms with Gasteiger partial charge in [0.2, 0.25) is 5.91 Å². The van der Waals surface area contributed by atoms with Crippen molar-refractivity contribution in [3.8, 4) is 0 Å². The Labute approximate surface area is 113 Å². The highest BCUT2D eigenvalue weighted by Gasteiger charge is 2.34. The molecule has 1 N–H and O–H groups in total. The van der Waals surface area contributed by atoms with E-state index in [0.29, 0.717) is 18.5 Å². The third-order valence-electron chi connectivity index (χ3n) is 3.30. The molecule has 2 rings (SSSR count). The van der Waals surface area contributed by atoms with Gasteiger partial charge in [0.05, 0.1) is 5.56 Å². The minimum absolute atomic E-state index is 0.0678. The van der Waals surface area contributed by atoms with Gasteiger partial charge in [-0.25, -0.2) is 0 Å². The van der Waals surface area contributed by atoms with Crippen LogP contribution in [0.2, 0.25) is 0 Å². The summed E-state index contributed by atoms with van der Waals surface area (Å²) in [6, 6.07) is 4.16. The Morgan fingerprint density at radius 1 is 1.37 bits per heavy atom. The van der Waals surface area contributed by atoms with Crippen LogP contribution in [0.5, 0.6) is 0 Å². The van der Waals surface area contributed by atoms with E-state index >= 15 is 0 Å². The SMILES string of the molecule is O=C1C[C@H](c2ccc(CCl)c(C(F)(F)F)c2)CCN1. The van der Waals surface area contributed by atoms with Crippen LogP contribution in [0.15, 0.2) is 18.2 Å². The predicted octanol–water partition coefficient (Wildman–Crippen LogP) is 3.44. The maximum absolute atomic E-state index is 12.9. The zero-order chi connectivity index (χ0) is 14.0. The van der Waals surface area contributed by atoms with Crippen molar-refractivity contribution in [2.24, 2.45) is 0 Å². The van der Waals surface area contributed by atoms with Gasteiger partial charge in [-0.3, -0.25) is 4.79 Å². The maximum atomic E-state index is 12.9. The Hall–Kier alpha value is -1.23. The largest absolute Gasteiger partial charge is 0.416 e. The number of carbonyl (C=O) groups excluding carboxylic acids is 1. The van der Waals surface area contributed by atoms with E-state index in [1.165, 1.54) is 6.07 Å². The molecule has 1 aliphatic rings. The third kappa shape index (κ3) is 3.21. The van der Waals surface area contributed by atoms with Crippen molar-refractivity contribution in [3.63, 3.8) is 0 Å². The second-order valence-electron chi connectivity index (χ2n) is 4.59. The first-order chi connectivity index (χ1) is 8.91. The van der Waals surface area contributed by atoms with Crippen LogP contribution in [0.4, 0.5) is 13.2 Å². The molecule has 1 aromatic carbocycles. The fourth-order valence-electron chi connectivity index (χ4n) is 2.30. The van der Waals surface area contributed by atoms with E-state index in [-0.39, 0.29) is 29.7 Å². The van der Waals surface area contributed by atoms with Crippen molar-refractivity contribution >= 4 is 17.5 Å². The molecule has 1 aliphatic heterocycles. The summed E-state index contributed by atoms with van der Waals surface area (Å²) >= 11 is 5.54. The fraction of sp³-hybridized carbons (Fsp3) is 0.462. The predicted molar refractivity (Wildman–Crippen MR) is 66.0 cm³/mol. The van der Waals surface area contributed by atoms with Gasteiger partial charge in [-0.1, -0.05) is 12.1 Å². The number of benzene rings is 1. The molecule has 1 saturated heterocycles. The van der Waals surface area contributed by atoms with Gasteiger partial charge in [-0.05, 0) is 29.5 Å². The smallest absolute Gasteiger partial charge is 0.356 e. The van der Waals surface area contributed by atoms with Gasteiger partial charge in [0, 0.05) is 18.8 Å². The Balaban J connectivity index is 2.35. The van der Waals surface area contributed by atoms with E-state index in [2.05, 4.69) is 5.32 Å². The highest BCUT2D eigenvalue weighted by molar-refractivity contribution is 6.17. The van der Waals surface area contributed by atoms with Gasteiger partial charge in [0.25, 0.3) is 0 Å². The Kier molecular flexibility index (Phi) is 4.04. The van der Waals surface area contributed by atoms with Crippen molar-refractivity contribution in [1.82, 2.24) is 5.32 Å². The highest BCUT2D eigenvalue weighted by Crippen LogP contribution is 2.36. The minimum atomic E-state index is -4.42. The molecule has 1 aromatic rings. The monoisotopic (exact) mass is 291 g/mol. The Morgan fingerprint density at radius 3 is 2.68 bits per heavy atom. The molecular weight excluding hydrogens is 279 g/mol. The van der Waals surface area contributed by atoms with E-state index in [0.717, 1.165) is 6.07 Å². The molecule has 0 saturated carbocycles. The van der Waals surface area contributed by atoms with Crippen LogP contribution in [-0.2, 0) is 16.9 Å². The first kappa shape index (κ1) is 14.2. The number of carbonyl (C=O) groups is 1. The standard InChI is InChI=1S/C13H13ClF3NO/c14-7-10-2-1-8(5-11(10)13(15,16)17)9-3-4-18-12(19)6-9/h1-2,5,9H,3-4,6-7H2,(H,18,19)/t9-/m1/s1. The van der Waals surface area contributed by atoms with Crippen LogP contribution in [0, 0.1) is 0 Å². The summed E-state index contributed by atoms with van der Waals surface area (Å²) in [5, 5.41) is 2.67. The van der Waals surface area contributed by atoms with E-state index in [1.807, 2.05) is 0 Å². The maximum Gasteiger partial charge on any atom is 0.416 e. The Morgan fingerprint density at radius 2 is 2.11 bits per heavy atom. The Bertz CT molecular complexity index is 487. The molecule has 0 unspecified atom stereocenters. The van der Waals surface area contributed by atoms with E-state index in [9.17, 15) is 18.0 Å². The summed E-state index contributed by atoms with van der Waals surface area (Å²) in [6.45, 7) is 0.502. The molecule has 0 radical (unpaired) electrons. The second-order valence-corrected chi connectivity index (χ2v) is 4.85. The highest BCUT2D eigenvalue weighted by atomic mass is 35.5. The lowest BCUT2D eigenvalue weighted by Crippen LogP contribution is -2.32. The van der Waals surface area contributed by atoms with Gasteiger partial charge in [0.15, 0.2) is 0 Å². The summed E-state index contributed by atoms with van der Waals surface area (Å²) in [5.74, 6) is -0.453. The van der Waals surface area contributed by atoms with E-state index in [4.69, 9.17) is 11.6 Å². The summed E-state index contributed by atoms with van der Waals surface area (Å²) in [7, 11) is 0. The van der Waals surface area contributed by atoms with Crippen LogP contribution < -0.4 is 5.32 Å². The van der Waals surface area contributed by atoms with Crippen LogP contribution in [0.3, 0.4) is 0 Å².